The maximum atomic E-state index is 12.3. The summed E-state index contributed by atoms with van der Waals surface area (Å²) in [5.74, 6) is 1.28. The lowest BCUT2D eigenvalue weighted by Gasteiger charge is -2.14. The molecule has 9 heteroatoms. The first-order valence-corrected chi connectivity index (χ1v) is 7.99. The van der Waals surface area contributed by atoms with Crippen LogP contribution in [0.1, 0.15) is 25.7 Å². The van der Waals surface area contributed by atoms with Gasteiger partial charge in [0.2, 0.25) is 0 Å². The van der Waals surface area contributed by atoms with Gasteiger partial charge in [0.15, 0.2) is 0 Å². The number of nitrogens with zero attached hydrogens (tertiary/aromatic N) is 6. The van der Waals surface area contributed by atoms with Crippen molar-refractivity contribution >= 4 is 11.8 Å². The molecule has 3 heterocycles. The van der Waals surface area contributed by atoms with Crippen molar-refractivity contribution in [3.63, 3.8) is 0 Å². The van der Waals surface area contributed by atoms with Gasteiger partial charge in [-0.3, -0.25) is 15.0 Å². The number of anilines is 1. The molecule has 0 aliphatic heterocycles. The Hall–Kier alpha value is -3.23. The van der Waals surface area contributed by atoms with E-state index in [0.29, 0.717) is 23.9 Å². The summed E-state index contributed by atoms with van der Waals surface area (Å²) in [6.07, 6.45) is 3.19. The van der Waals surface area contributed by atoms with Crippen LogP contribution in [0.15, 0.2) is 36.8 Å². The molecule has 0 aromatic carbocycles. The number of rotatable bonds is 5. The van der Waals surface area contributed by atoms with Crippen LogP contribution in [-0.4, -0.2) is 35.6 Å². The average Bonchev–Trinajstić information content (AvgIpc) is 3.22. The molecule has 0 radical (unpaired) electrons. The summed E-state index contributed by atoms with van der Waals surface area (Å²) in [7, 11) is 1.76. The number of nitrogens with one attached hydrogen (secondary N) is 2. The number of hydrogen-bond acceptors (Lipinski definition) is 5. The van der Waals surface area contributed by atoms with Crippen LogP contribution >= 0.6 is 0 Å². The minimum Gasteiger partial charge on any atom is -0.328 e. The first-order chi connectivity index (χ1) is 12.1. The smallest absolute Gasteiger partial charge is 0.320 e. The third-order valence-electron chi connectivity index (χ3n) is 3.73. The lowest BCUT2D eigenvalue weighted by Crippen LogP contribution is -2.33. The Morgan fingerprint density at radius 2 is 2.12 bits per heavy atom. The summed E-state index contributed by atoms with van der Waals surface area (Å²) in [5.41, 5.74) is 1.44. The predicted molar refractivity (Wildman–Crippen MR) is 92.7 cm³/mol. The van der Waals surface area contributed by atoms with Gasteiger partial charge in [0, 0.05) is 25.9 Å². The molecule has 0 saturated carbocycles. The summed E-state index contributed by atoms with van der Waals surface area (Å²) in [5, 5.41) is 14.1. The molecule has 130 valence electrons. The molecule has 3 aromatic heterocycles. The summed E-state index contributed by atoms with van der Waals surface area (Å²) < 4.78 is 3.34. The van der Waals surface area contributed by atoms with Crippen LogP contribution in [0.5, 0.6) is 0 Å². The monoisotopic (exact) mass is 340 g/mol. The normalized spacial score (nSPS) is 12.0. The van der Waals surface area contributed by atoms with E-state index in [4.69, 9.17) is 0 Å². The molecule has 2 N–H and O–H groups in total. The van der Waals surface area contributed by atoms with Crippen LogP contribution in [0.25, 0.3) is 11.4 Å². The standard InChI is InChI=1S/C16H20N8O/c1-4-24-15(18-10-19-24)11(2)20-16(25)21-14-9-13(22-23(14)3)12-7-5-6-8-17-12/h5-11H,4H2,1-3H3,(H2,20,21,25)/t11-/m1/s1. The van der Waals surface area contributed by atoms with Gasteiger partial charge in [-0.15, -0.1) is 0 Å². The third-order valence-corrected chi connectivity index (χ3v) is 3.73. The van der Waals surface area contributed by atoms with Crippen molar-refractivity contribution in [2.24, 2.45) is 7.05 Å². The number of urea groups is 1. The lowest BCUT2D eigenvalue weighted by molar-refractivity contribution is 0.248. The predicted octanol–water partition coefficient (Wildman–Crippen LogP) is 1.98. The van der Waals surface area contributed by atoms with E-state index in [1.165, 1.54) is 6.33 Å². The zero-order valence-electron chi connectivity index (χ0n) is 14.3. The van der Waals surface area contributed by atoms with E-state index >= 15 is 0 Å². The molecular formula is C16H20N8O. The van der Waals surface area contributed by atoms with Crippen molar-refractivity contribution in [3.8, 4) is 11.4 Å². The Bertz CT molecular complexity index is 854. The quantitative estimate of drug-likeness (QED) is 0.739. The fourth-order valence-corrected chi connectivity index (χ4v) is 2.49. The highest BCUT2D eigenvalue weighted by molar-refractivity contribution is 5.89. The van der Waals surface area contributed by atoms with E-state index < -0.39 is 0 Å². The van der Waals surface area contributed by atoms with Gasteiger partial charge in [0.1, 0.15) is 23.7 Å². The molecule has 1 atom stereocenters. The number of hydrogen-bond donors (Lipinski definition) is 2. The molecule has 25 heavy (non-hydrogen) atoms. The van der Waals surface area contributed by atoms with E-state index in [2.05, 4.69) is 30.8 Å². The van der Waals surface area contributed by atoms with Crippen LogP contribution in [0.4, 0.5) is 10.6 Å². The molecule has 2 amide bonds. The molecule has 0 saturated heterocycles. The van der Waals surface area contributed by atoms with E-state index in [-0.39, 0.29) is 12.1 Å². The van der Waals surface area contributed by atoms with Crippen molar-refractivity contribution in [3.05, 3.63) is 42.6 Å². The maximum absolute atomic E-state index is 12.3. The molecular weight excluding hydrogens is 320 g/mol. The topological polar surface area (TPSA) is 103 Å². The summed E-state index contributed by atoms with van der Waals surface area (Å²) in [6, 6.07) is 6.77. The molecule has 0 bridgehead atoms. The minimum absolute atomic E-state index is 0.272. The number of amides is 2. The average molecular weight is 340 g/mol. The van der Waals surface area contributed by atoms with Gasteiger partial charge in [0.25, 0.3) is 0 Å². The Kier molecular flexibility index (Phi) is 4.73. The van der Waals surface area contributed by atoms with Crippen LogP contribution in [-0.2, 0) is 13.6 Å². The van der Waals surface area contributed by atoms with Crippen molar-refractivity contribution in [2.75, 3.05) is 5.32 Å². The second-order valence-electron chi connectivity index (χ2n) is 5.51. The number of pyridine rings is 1. The van der Waals surface area contributed by atoms with Gasteiger partial charge >= 0.3 is 6.03 Å². The van der Waals surface area contributed by atoms with Gasteiger partial charge in [-0.1, -0.05) is 6.07 Å². The van der Waals surface area contributed by atoms with Crippen LogP contribution in [0.3, 0.4) is 0 Å². The van der Waals surface area contributed by atoms with Crippen LogP contribution in [0.2, 0.25) is 0 Å². The van der Waals surface area contributed by atoms with Crippen molar-refractivity contribution < 1.29 is 4.79 Å². The van der Waals surface area contributed by atoms with E-state index in [1.54, 1.807) is 28.7 Å². The summed E-state index contributed by atoms with van der Waals surface area (Å²) in [6.45, 7) is 4.52. The Labute approximate surface area is 145 Å². The number of carbonyl (C=O) groups excluding carboxylic acids is 1. The molecule has 3 aromatic rings. The second-order valence-corrected chi connectivity index (χ2v) is 5.51. The second kappa shape index (κ2) is 7.12. The highest BCUT2D eigenvalue weighted by atomic mass is 16.2. The number of carbonyl (C=O) groups is 1. The van der Waals surface area contributed by atoms with Gasteiger partial charge in [-0.25, -0.2) is 14.5 Å². The highest BCUT2D eigenvalue weighted by Crippen LogP contribution is 2.19. The molecule has 0 spiro atoms. The Morgan fingerprint density at radius 1 is 1.28 bits per heavy atom. The SMILES string of the molecule is CCn1ncnc1[C@@H](C)NC(=O)Nc1cc(-c2ccccn2)nn1C. The molecule has 3 rings (SSSR count). The van der Waals surface area contributed by atoms with Gasteiger partial charge in [0.05, 0.1) is 11.7 Å². The minimum atomic E-state index is -0.339. The number of aryl methyl sites for hydroxylation is 2. The zero-order chi connectivity index (χ0) is 17.8. The lowest BCUT2D eigenvalue weighted by atomic mass is 10.3. The largest absolute Gasteiger partial charge is 0.328 e. The van der Waals surface area contributed by atoms with Crippen LogP contribution in [0, 0.1) is 0 Å². The molecule has 0 fully saturated rings. The van der Waals surface area contributed by atoms with E-state index in [1.807, 2.05) is 32.0 Å². The fraction of sp³-hybridized carbons (Fsp3) is 0.312. The highest BCUT2D eigenvalue weighted by Gasteiger charge is 2.16. The molecule has 0 aliphatic carbocycles. The van der Waals surface area contributed by atoms with E-state index in [9.17, 15) is 4.79 Å². The Morgan fingerprint density at radius 3 is 2.84 bits per heavy atom. The molecule has 0 unspecified atom stereocenters. The zero-order valence-corrected chi connectivity index (χ0v) is 14.3. The van der Waals surface area contributed by atoms with Crippen LogP contribution < -0.4 is 10.6 Å². The van der Waals surface area contributed by atoms with Crippen molar-refractivity contribution in [1.82, 2.24) is 34.8 Å². The fourth-order valence-electron chi connectivity index (χ4n) is 2.49. The van der Waals surface area contributed by atoms with Crippen molar-refractivity contribution in [1.29, 1.82) is 0 Å². The van der Waals surface area contributed by atoms with Gasteiger partial charge in [-0.05, 0) is 26.0 Å². The maximum Gasteiger partial charge on any atom is 0.320 e. The van der Waals surface area contributed by atoms with Crippen molar-refractivity contribution in [2.45, 2.75) is 26.4 Å². The molecule has 9 nitrogen and oxygen atoms in total. The van der Waals surface area contributed by atoms with Gasteiger partial charge in [-0.2, -0.15) is 10.2 Å². The number of aromatic nitrogens is 6. The molecule has 0 aliphatic rings. The van der Waals surface area contributed by atoms with E-state index in [0.717, 1.165) is 5.69 Å². The van der Waals surface area contributed by atoms with Gasteiger partial charge < -0.3 is 5.32 Å². The first kappa shape index (κ1) is 16.6. The third kappa shape index (κ3) is 3.65. The summed E-state index contributed by atoms with van der Waals surface area (Å²) in [4.78, 5) is 20.7. The summed E-state index contributed by atoms with van der Waals surface area (Å²) >= 11 is 0. The Balaban J connectivity index is 1.68. The first-order valence-electron chi connectivity index (χ1n) is 7.99.